The van der Waals surface area contributed by atoms with E-state index in [-0.39, 0.29) is 0 Å². The second-order valence-corrected chi connectivity index (χ2v) is 6.08. The van der Waals surface area contributed by atoms with Crippen molar-refractivity contribution in [3.63, 3.8) is 0 Å². The molecule has 0 amide bonds. The zero-order chi connectivity index (χ0) is 13.6. The van der Waals surface area contributed by atoms with E-state index in [1.54, 1.807) is 6.26 Å². The van der Waals surface area contributed by atoms with Crippen LogP contribution in [0, 0.1) is 5.41 Å². The molecule has 104 valence electrons. The molecule has 18 heavy (non-hydrogen) atoms. The molecule has 1 aromatic heterocycles. The first-order valence-electron chi connectivity index (χ1n) is 6.87. The van der Waals surface area contributed by atoms with Crippen LogP contribution >= 0.6 is 0 Å². The maximum Gasteiger partial charge on any atom is 0.117 e. The van der Waals surface area contributed by atoms with Crippen LogP contribution in [0.2, 0.25) is 0 Å². The van der Waals surface area contributed by atoms with E-state index in [0.717, 1.165) is 31.8 Å². The SMILES string of the molecule is CCNC(CCN(C)Cc1ccco1)C(C)(C)C. The minimum absolute atomic E-state index is 0.307. The molecule has 0 aromatic carbocycles. The molecule has 0 bridgehead atoms. The number of furan rings is 1. The Morgan fingerprint density at radius 1 is 1.39 bits per heavy atom. The van der Waals surface area contributed by atoms with Crippen molar-refractivity contribution in [3.8, 4) is 0 Å². The lowest BCUT2D eigenvalue weighted by atomic mass is 9.84. The van der Waals surface area contributed by atoms with E-state index in [0.29, 0.717) is 11.5 Å². The Kier molecular flexibility index (Phi) is 5.89. The van der Waals surface area contributed by atoms with E-state index in [1.165, 1.54) is 0 Å². The first-order valence-corrected chi connectivity index (χ1v) is 6.87. The van der Waals surface area contributed by atoms with Crippen molar-refractivity contribution >= 4 is 0 Å². The quantitative estimate of drug-likeness (QED) is 0.808. The van der Waals surface area contributed by atoms with Gasteiger partial charge in [0.15, 0.2) is 0 Å². The van der Waals surface area contributed by atoms with Gasteiger partial charge in [-0.1, -0.05) is 27.7 Å². The molecule has 3 heteroatoms. The third-order valence-electron chi connectivity index (χ3n) is 3.30. The van der Waals surface area contributed by atoms with Gasteiger partial charge in [-0.25, -0.2) is 0 Å². The van der Waals surface area contributed by atoms with Crippen molar-refractivity contribution in [1.82, 2.24) is 10.2 Å². The Labute approximate surface area is 112 Å². The summed E-state index contributed by atoms with van der Waals surface area (Å²) in [5, 5.41) is 3.59. The van der Waals surface area contributed by atoms with E-state index in [2.05, 4.69) is 45.0 Å². The van der Waals surface area contributed by atoms with Gasteiger partial charge in [0.25, 0.3) is 0 Å². The van der Waals surface area contributed by atoms with Crippen LogP contribution in [0.5, 0.6) is 0 Å². The van der Waals surface area contributed by atoms with Crippen molar-refractivity contribution in [1.29, 1.82) is 0 Å². The van der Waals surface area contributed by atoms with Crippen molar-refractivity contribution in [2.24, 2.45) is 5.41 Å². The number of nitrogens with one attached hydrogen (secondary N) is 1. The summed E-state index contributed by atoms with van der Waals surface area (Å²) >= 11 is 0. The fraction of sp³-hybridized carbons (Fsp3) is 0.733. The first-order chi connectivity index (χ1) is 8.43. The third kappa shape index (κ3) is 5.23. The molecule has 0 saturated heterocycles. The van der Waals surface area contributed by atoms with Crippen LogP contribution in [-0.4, -0.2) is 31.1 Å². The topological polar surface area (TPSA) is 28.4 Å². The molecule has 0 aliphatic rings. The van der Waals surface area contributed by atoms with Crippen molar-refractivity contribution < 1.29 is 4.42 Å². The molecule has 1 aromatic rings. The van der Waals surface area contributed by atoms with Gasteiger partial charge in [0.1, 0.15) is 5.76 Å². The summed E-state index contributed by atoms with van der Waals surface area (Å²) < 4.78 is 5.37. The smallest absolute Gasteiger partial charge is 0.117 e. The highest BCUT2D eigenvalue weighted by Crippen LogP contribution is 2.22. The minimum Gasteiger partial charge on any atom is -0.468 e. The van der Waals surface area contributed by atoms with E-state index < -0.39 is 0 Å². The molecule has 0 radical (unpaired) electrons. The van der Waals surface area contributed by atoms with Crippen LogP contribution in [0.4, 0.5) is 0 Å². The lowest BCUT2D eigenvalue weighted by Crippen LogP contribution is -2.42. The molecule has 0 aliphatic carbocycles. The first kappa shape index (κ1) is 15.3. The van der Waals surface area contributed by atoms with Gasteiger partial charge in [-0.3, -0.25) is 4.90 Å². The van der Waals surface area contributed by atoms with E-state index >= 15 is 0 Å². The maximum absolute atomic E-state index is 5.37. The molecule has 1 rings (SSSR count). The molecule has 0 saturated carbocycles. The fourth-order valence-corrected chi connectivity index (χ4v) is 2.18. The summed E-state index contributed by atoms with van der Waals surface area (Å²) in [7, 11) is 2.15. The molecule has 0 spiro atoms. The van der Waals surface area contributed by atoms with Gasteiger partial charge < -0.3 is 9.73 Å². The molecule has 1 heterocycles. The fourth-order valence-electron chi connectivity index (χ4n) is 2.18. The summed E-state index contributed by atoms with van der Waals surface area (Å²) in [6.45, 7) is 12.1. The molecule has 3 nitrogen and oxygen atoms in total. The highest BCUT2D eigenvalue weighted by atomic mass is 16.3. The summed E-state index contributed by atoms with van der Waals surface area (Å²) in [5.41, 5.74) is 0.307. The summed E-state index contributed by atoms with van der Waals surface area (Å²) in [5.74, 6) is 1.04. The third-order valence-corrected chi connectivity index (χ3v) is 3.30. The van der Waals surface area contributed by atoms with Crippen LogP contribution in [-0.2, 0) is 6.54 Å². The van der Waals surface area contributed by atoms with Gasteiger partial charge >= 0.3 is 0 Å². The van der Waals surface area contributed by atoms with Gasteiger partial charge in [-0.2, -0.15) is 0 Å². The number of nitrogens with zero attached hydrogens (tertiary/aromatic N) is 1. The summed E-state index contributed by atoms with van der Waals surface area (Å²) in [4.78, 5) is 2.31. The standard InChI is InChI=1S/C15H28N2O/c1-6-16-14(15(2,3)4)9-10-17(5)12-13-8-7-11-18-13/h7-8,11,14,16H,6,9-10,12H2,1-5H3. The van der Waals surface area contributed by atoms with Gasteiger partial charge in [-0.15, -0.1) is 0 Å². The molecule has 1 unspecified atom stereocenters. The molecule has 0 fully saturated rings. The monoisotopic (exact) mass is 252 g/mol. The summed E-state index contributed by atoms with van der Waals surface area (Å²) in [6, 6.07) is 4.53. The van der Waals surface area contributed by atoms with Crippen LogP contribution in [0.3, 0.4) is 0 Å². The predicted octanol–water partition coefficient (Wildman–Crippen LogP) is 3.13. The molecule has 1 N–H and O–H groups in total. The Hall–Kier alpha value is -0.800. The second kappa shape index (κ2) is 6.95. The average Bonchev–Trinajstić information content (AvgIpc) is 2.75. The number of hydrogen-bond acceptors (Lipinski definition) is 3. The second-order valence-electron chi connectivity index (χ2n) is 6.08. The van der Waals surface area contributed by atoms with Crippen molar-refractivity contribution in [3.05, 3.63) is 24.2 Å². The van der Waals surface area contributed by atoms with Crippen LogP contribution in [0.25, 0.3) is 0 Å². The maximum atomic E-state index is 5.37. The molecule has 0 aliphatic heterocycles. The lowest BCUT2D eigenvalue weighted by Gasteiger charge is -2.32. The average molecular weight is 252 g/mol. The van der Waals surface area contributed by atoms with Crippen LogP contribution in [0.1, 0.15) is 39.9 Å². The van der Waals surface area contributed by atoms with Crippen molar-refractivity contribution in [2.45, 2.75) is 46.7 Å². The normalized spacial score (nSPS) is 14.1. The molecular formula is C15H28N2O. The highest BCUT2D eigenvalue weighted by molar-refractivity contribution is 4.97. The minimum atomic E-state index is 0.307. The zero-order valence-electron chi connectivity index (χ0n) is 12.5. The number of hydrogen-bond donors (Lipinski definition) is 1. The predicted molar refractivity (Wildman–Crippen MR) is 76.6 cm³/mol. The number of rotatable bonds is 7. The van der Waals surface area contributed by atoms with E-state index in [1.807, 2.05) is 12.1 Å². The van der Waals surface area contributed by atoms with Gasteiger partial charge in [-0.05, 0) is 44.1 Å². The van der Waals surface area contributed by atoms with E-state index in [9.17, 15) is 0 Å². The van der Waals surface area contributed by atoms with E-state index in [4.69, 9.17) is 4.42 Å². The van der Waals surface area contributed by atoms with Gasteiger partial charge in [0.2, 0.25) is 0 Å². The highest BCUT2D eigenvalue weighted by Gasteiger charge is 2.23. The Morgan fingerprint density at radius 2 is 2.11 bits per heavy atom. The molecule has 1 atom stereocenters. The Balaban J connectivity index is 2.37. The molecular weight excluding hydrogens is 224 g/mol. The zero-order valence-corrected chi connectivity index (χ0v) is 12.5. The lowest BCUT2D eigenvalue weighted by molar-refractivity contribution is 0.214. The Morgan fingerprint density at radius 3 is 2.61 bits per heavy atom. The van der Waals surface area contributed by atoms with Gasteiger partial charge in [0, 0.05) is 6.04 Å². The van der Waals surface area contributed by atoms with Crippen LogP contribution in [0.15, 0.2) is 22.8 Å². The Bertz CT molecular complexity index is 314. The van der Waals surface area contributed by atoms with Crippen LogP contribution < -0.4 is 5.32 Å². The summed E-state index contributed by atoms with van der Waals surface area (Å²) in [6.07, 6.45) is 2.90. The van der Waals surface area contributed by atoms with Gasteiger partial charge in [0.05, 0.1) is 12.8 Å². The largest absolute Gasteiger partial charge is 0.468 e. The van der Waals surface area contributed by atoms with Crippen molar-refractivity contribution in [2.75, 3.05) is 20.1 Å².